The van der Waals surface area contributed by atoms with E-state index in [1.807, 2.05) is 0 Å². The fraction of sp³-hybridized carbons (Fsp3) is 0.842. The summed E-state index contributed by atoms with van der Waals surface area (Å²) in [6, 6.07) is 0. The van der Waals surface area contributed by atoms with Gasteiger partial charge in [0.25, 0.3) is 0 Å². The van der Waals surface area contributed by atoms with E-state index in [2.05, 4.69) is 55.6 Å². The van der Waals surface area contributed by atoms with Gasteiger partial charge in [0.15, 0.2) is 6.73 Å². The summed E-state index contributed by atoms with van der Waals surface area (Å²) in [6.07, 6.45) is 14.7. The average molecular weight is 343 g/mol. The molecule has 0 amide bonds. The molecular weight excluding hydrogens is 308 g/mol. The topological polar surface area (TPSA) is 18.0 Å². The molecule has 0 bridgehead atoms. The van der Waals surface area contributed by atoms with Crippen LogP contribution in [-0.2, 0) is 18.0 Å². The van der Waals surface area contributed by atoms with Crippen LogP contribution in [0.1, 0.15) is 66.2 Å². The maximum Gasteiger partial charge on any atom is 0.245 e. The Morgan fingerprint density at radius 1 is 1.26 bits per heavy atom. The SMILES string of the molecule is CCCCCn1cc[n+](CO[C@@H]2C[C@H](C)CC[C@H]2C(C)C)c1.[Cl-]. The number of halogens is 1. The van der Waals surface area contributed by atoms with Crippen molar-refractivity contribution in [3.63, 3.8) is 0 Å². The molecule has 2 rings (SSSR count). The number of unbranched alkanes of at least 4 members (excludes halogenated alkanes) is 2. The average Bonchev–Trinajstić information content (AvgIpc) is 2.93. The molecule has 23 heavy (non-hydrogen) atoms. The highest BCUT2D eigenvalue weighted by molar-refractivity contribution is 4.80. The summed E-state index contributed by atoms with van der Waals surface area (Å²) in [5.74, 6) is 2.26. The van der Waals surface area contributed by atoms with Crippen LogP contribution in [0.2, 0.25) is 0 Å². The van der Waals surface area contributed by atoms with Crippen molar-refractivity contribution in [2.75, 3.05) is 0 Å². The number of rotatable bonds is 8. The maximum absolute atomic E-state index is 6.30. The van der Waals surface area contributed by atoms with Gasteiger partial charge in [-0.2, -0.15) is 0 Å². The number of aromatic nitrogens is 2. The summed E-state index contributed by atoms with van der Waals surface area (Å²) in [4.78, 5) is 0. The van der Waals surface area contributed by atoms with Gasteiger partial charge in [0.05, 0.1) is 12.6 Å². The highest BCUT2D eigenvalue weighted by atomic mass is 35.5. The molecule has 3 atom stereocenters. The third-order valence-electron chi connectivity index (χ3n) is 5.17. The molecule has 0 spiro atoms. The third-order valence-corrected chi connectivity index (χ3v) is 5.17. The summed E-state index contributed by atoms with van der Waals surface area (Å²) in [5, 5.41) is 0. The summed E-state index contributed by atoms with van der Waals surface area (Å²) < 4.78 is 10.8. The van der Waals surface area contributed by atoms with Crippen molar-refractivity contribution >= 4 is 0 Å². The van der Waals surface area contributed by atoms with Gasteiger partial charge in [-0.05, 0) is 43.4 Å². The first-order valence-corrected chi connectivity index (χ1v) is 9.26. The van der Waals surface area contributed by atoms with Crippen molar-refractivity contribution in [1.82, 2.24) is 4.57 Å². The lowest BCUT2D eigenvalue weighted by Crippen LogP contribution is -3.00. The highest BCUT2D eigenvalue weighted by Crippen LogP contribution is 2.35. The zero-order valence-electron chi connectivity index (χ0n) is 15.4. The second kappa shape index (κ2) is 10.4. The zero-order chi connectivity index (χ0) is 15.9. The van der Waals surface area contributed by atoms with E-state index >= 15 is 0 Å². The van der Waals surface area contributed by atoms with Crippen molar-refractivity contribution in [1.29, 1.82) is 0 Å². The van der Waals surface area contributed by atoms with Gasteiger partial charge >= 0.3 is 0 Å². The molecule has 4 heteroatoms. The first-order valence-electron chi connectivity index (χ1n) is 9.26. The van der Waals surface area contributed by atoms with E-state index in [0.717, 1.165) is 24.3 Å². The first-order chi connectivity index (χ1) is 10.6. The Hall–Kier alpha value is -0.540. The van der Waals surface area contributed by atoms with Gasteiger partial charge in [0.2, 0.25) is 6.33 Å². The minimum absolute atomic E-state index is 0. The lowest BCUT2D eigenvalue weighted by molar-refractivity contribution is -0.735. The number of hydrogen-bond acceptors (Lipinski definition) is 1. The van der Waals surface area contributed by atoms with Crippen LogP contribution >= 0.6 is 0 Å². The van der Waals surface area contributed by atoms with E-state index < -0.39 is 0 Å². The van der Waals surface area contributed by atoms with E-state index in [9.17, 15) is 0 Å². The van der Waals surface area contributed by atoms with E-state index in [0.29, 0.717) is 12.8 Å². The third kappa shape index (κ3) is 6.46. The molecule has 1 saturated carbocycles. The molecule has 1 aromatic heterocycles. The molecule has 1 heterocycles. The molecule has 0 saturated heterocycles. The van der Waals surface area contributed by atoms with Crippen molar-refractivity contribution < 1.29 is 21.7 Å². The molecule has 1 aliphatic rings. The lowest BCUT2D eigenvalue weighted by Gasteiger charge is -2.36. The van der Waals surface area contributed by atoms with Crippen LogP contribution in [0.3, 0.4) is 0 Å². The van der Waals surface area contributed by atoms with Gasteiger partial charge in [0, 0.05) is 0 Å². The zero-order valence-corrected chi connectivity index (χ0v) is 16.1. The van der Waals surface area contributed by atoms with Gasteiger partial charge in [-0.3, -0.25) is 0 Å². The van der Waals surface area contributed by atoms with Crippen LogP contribution in [0.5, 0.6) is 0 Å². The smallest absolute Gasteiger partial charge is 0.245 e. The fourth-order valence-electron chi connectivity index (χ4n) is 3.68. The summed E-state index contributed by atoms with van der Waals surface area (Å²) in [6.45, 7) is 11.1. The van der Waals surface area contributed by atoms with Crippen molar-refractivity contribution in [3.05, 3.63) is 18.7 Å². The molecule has 0 aromatic carbocycles. The molecule has 3 nitrogen and oxygen atoms in total. The van der Waals surface area contributed by atoms with Gasteiger partial charge in [-0.15, -0.1) is 0 Å². The minimum Gasteiger partial charge on any atom is -1.00 e. The lowest BCUT2D eigenvalue weighted by atomic mass is 9.75. The van der Waals surface area contributed by atoms with E-state index in [1.165, 1.54) is 38.5 Å². The fourth-order valence-corrected chi connectivity index (χ4v) is 3.68. The normalized spacial score (nSPS) is 24.7. The Bertz CT molecular complexity index is 433. The van der Waals surface area contributed by atoms with Gasteiger partial charge in [-0.1, -0.05) is 40.5 Å². The van der Waals surface area contributed by atoms with Crippen molar-refractivity contribution in [3.8, 4) is 0 Å². The van der Waals surface area contributed by atoms with Gasteiger partial charge in [0.1, 0.15) is 12.4 Å². The highest BCUT2D eigenvalue weighted by Gasteiger charge is 2.31. The predicted molar refractivity (Wildman–Crippen MR) is 90.4 cm³/mol. The Labute approximate surface area is 148 Å². The van der Waals surface area contributed by atoms with E-state index in [4.69, 9.17) is 4.74 Å². The molecule has 1 aromatic rings. The Kier molecular flexibility index (Phi) is 9.23. The van der Waals surface area contributed by atoms with E-state index in [-0.39, 0.29) is 12.4 Å². The van der Waals surface area contributed by atoms with Crippen LogP contribution in [0.4, 0.5) is 0 Å². The van der Waals surface area contributed by atoms with Crippen molar-refractivity contribution in [2.24, 2.45) is 17.8 Å². The molecule has 0 unspecified atom stereocenters. The molecule has 134 valence electrons. The number of imidazole rings is 1. The van der Waals surface area contributed by atoms with Crippen LogP contribution in [-0.4, -0.2) is 10.7 Å². The molecule has 1 aliphatic carbocycles. The summed E-state index contributed by atoms with van der Waals surface area (Å²) in [7, 11) is 0. The number of nitrogens with zero attached hydrogens (tertiary/aromatic N) is 2. The van der Waals surface area contributed by atoms with Crippen LogP contribution in [0.25, 0.3) is 0 Å². The molecule has 1 fully saturated rings. The number of hydrogen-bond donors (Lipinski definition) is 0. The van der Waals surface area contributed by atoms with E-state index in [1.54, 1.807) is 0 Å². The standard InChI is InChI=1S/C19H35N2O.ClH/c1-5-6-7-10-20-11-12-21(14-20)15-22-19-13-17(4)8-9-18(19)16(2)3;/h11-12,14,16-19H,5-10,13,15H2,1-4H3;1H/q+1;/p-1/t17-,18+,19-;/m1./s1. The number of ether oxygens (including phenoxy) is 1. The predicted octanol–water partition coefficient (Wildman–Crippen LogP) is 1.40. The number of aryl methyl sites for hydroxylation is 1. The Balaban J connectivity index is 0.00000264. The first kappa shape index (κ1) is 20.5. The summed E-state index contributed by atoms with van der Waals surface area (Å²) in [5.41, 5.74) is 0. The summed E-state index contributed by atoms with van der Waals surface area (Å²) >= 11 is 0. The van der Waals surface area contributed by atoms with Crippen molar-refractivity contribution in [2.45, 2.75) is 85.6 Å². The van der Waals surface area contributed by atoms with Gasteiger partial charge in [-0.25, -0.2) is 9.13 Å². The minimum atomic E-state index is 0. The Morgan fingerprint density at radius 3 is 2.74 bits per heavy atom. The molecular formula is C19H35ClN2O. The Morgan fingerprint density at radius 2 is 2.04 bits per heavy atom. The largest absolute Gasteiger partial charge is 1.00 e. The maximum atomic E-state index is 6.30. The quantitative estimate of drug-likeness (QED) is 0.516. The molecule has 0 aliphatic heterocycles. The second-order valence-electron chi connectivity index (χ2n) is 7.53. The second-order valence-corrected chi connectivity index (χ2v) is 7.53. The van der Waals surface area contributed by atoms with Crippen LogP contribution in [0, 0.1) is 17.8 Å². The van der Waals surface area contributed by atoms with Crippen LogP contribution < -0.4 is 17.0 Å². The van der Waals surface area contributed by atoms with Crippen LogP contribution in [0.15, 0.2) is 18.7 Å². The monoisotopic (exact) mass is 342 g/mol. The molecule has 0 radical (unpaired) electrons. The molecule has 0 N–H and O–H groups in total. The van der Waals surface area contributed by atoms with Gasteiger partial charge < -0.3 is 17.1 Å².